The summed E-state index contributed by atoms with van der Waals surface area (Å²) in [6, 6.07) is 4.88. The van der Waals surface area contributed by atoms with Gasteiger partial charge in [-0.25, -0.2) is 14.0 Å². The Balaban J connectivity index is 1.62. The molecule has 1 aliphatic rings. The highest BCUT2D eigenvalue weighted by Gasteiger charge is 2.35. The summed E-state index contributed by atoms with van der Waals surface area (Å²) in [5.41, 5.74) is -2.12. The standard InChI is InChI=1S/C20H21F4N3O4/c1-30-18(28)16-7-6-13(31-16)12-26-8-3-9-27(11-10-26)19(29)25-17-14(20(22,23)24)4-2-5-15(17)21/h2,4-7H,3,8-12H2,1H3,(H,25,29). The number of nitrogens with one attached hydrogen (secondary N) is 1. The van der Waals surface area contributed by atoms with E-state index in [2.05, 4.69) is 10.1 Å². The maximum atomic E-state index is 14.0. The molecule has 1 fully saturated rings. The first kappa shape index (κ1) is 22.6. The van der Waals surface area contributed by atoms with Gasteiger partial charge in [0.15, 0.2) is 0 Å². The summed E-state index contributed by atoms with van der Waals surface area (Å²) in [5, 5.41) is 2.07. The lowest BCUT2D eigenvalue weighted by molar-refractivity contribution is -0.137. The Labute approximate surface area is 175 Å². The summed E-state index contributed by atoms with van der Waals surface area (Å²) in [7, 11) is 1.25. The van der Waals surface area contributed by atoms with Gasteiger partial charge in [0, 0.05) is 26.2 Å². The van der Waals surface area contributed by atoms with E-state index in [4.69, 9.17) is 4.42 Å². The fraction of sp³-hybridized carbons (Fsp3) is 0.400. The van der Waals surface area contributed by atoms with Crippen LogP contribution in [0.3, 0.4) is 0 Å². The van der Waals surface area contributed by atoms with Crippen LogP contribution in [0.5, 0.6) is 0 Å². The molecule has 1 N–H and O–H groups in total. The van der Waals surface area contributed by atoms with E-state index in [1.54, 1.807) is 6.07 Å². The largest absolute Gasteiger partial charge is 0.463 e. The smallest absolute Gasteiger partial charge is 0.418 e. The zero-order valence-electron chi connectivity index (χ0n) is 16.7. The maximum Gasteiger partial charge on any atom is 0.418 e. The fourth-order valence-electron chi connectivity index (χ4n) is 3.30. The van der Waals surface area contributed by atoms with Gasteiger partial charge in [0.2, 0.25) is 5.76 Å². The molecule has 0 unspecified atom stereocenters. The van der Waals surface area contributed by atoms with Crippen LogP contribution in [0.4, 0.5) is 28.0 Å². The van der Waals surface area contributed by atoms with E-state index in [0.29, 0.717) is 38.4 Å². The van der Waals surface area contributed by atoms with Crippen LogP contribution in [0.1, 0.15) is 28.3 Å². The molecule has 0 aliphatic carbocycles. The molecule has 3 rings (SSSR count). The maximum absolute atomic E-state index is 14.0. The topological polar surface area (TPSA) is 75.0 Å². The molecular weight excluding hydrogens is 422 g/mol. The van der Waals surface area contributed by atoms with Crippen molar-refractivity contribution in [2.75, 3.05) is 38.6 Å². The second kappa shape index (κ2) is 9.38. The quantitative estimate of drug-likeness (QED) is 0.572. The van der Waals surface area contributed by atoms with Crippen molar-refractivity contribution in [3.8, 4) is 0 Å². The van der Waals surface area contributed by atoms with Gasteiger partial charge in [0.05, 0.1) is 24.9 Å². The minimum atomic E-state index is -4.80. The molecule has 168 valence electrons. The predicted molar refractivity (Wildman–Crippen MR) is 102 cm³/mol. The number of para-hydroxylation sites is 1. The van der Waals surface area contributed by atoms with Crippen molar-refractivity contribution in [1.29, 1.82) is 0 Å². The number of benzene rings is 1. The highest BCUT2D eigenvalue weighted by molar-refractivity contribution is 5.90. The van der Waals surface area contributed by atoms with Crippen LogP contribution in [-0.4, -0.2) is 55.1 Å². The molecule has 7 nitrogen and oxygen atoms in total. The Morgan fingerprint density at radius 2 is 1.90 bits per heavy atom. The summed E-state index contributed by atoms with van der Waals surface area (Å²) in [6.45, 7) is 1.94. The van der Waals surface area contributed by atoms with Crippen LogP contribution >= 0.6 is 0 Å². The molecule has 31 heavy (non-hydrogen) atoms. The van der Waals surface area contributed by atoms with Gasteiger partial charge in [-0.15, -0.1) is 0 Å². The molecule has 0 radical (unpaired) electrons. The number of carbonyl (C=O) groups is 2. The number of nitrogens with zero attached hydrogens (tertiary/aromatic N) is 2. The normalized spacial score (nSPS) is 15.5. The molecule has 1 aromatic heterocycles. The summed E-state index contributed by atoms with van der Waals surface area (Å²) in [5.74, 6) is -1.12. The molecule has 0 atom stereocenters. The molecule has 0 saturated carbocycles. The molecule has 1 aromatic carbocycles. The lowest BCUT2D eigenvalue weighted by Crippen LogP contribution is -2.38. The number of hydrogen-bond acceptors (Lipinski definition) is 5. The summed E-state index contributed by atoms with van der Waals surface area (Å²) >= 11 is 0. The molecule has 2 amide bonds. The predicted octanol–water partition coefficient (Wildman–Crippen LogP) is 3.96. The molecule has 11 heteroatoms. The zero-order chi connectivity index (χ0) is 22.6. The minimum absolute atomic E-state index is 0.0821. The number of methoxy groups -OCH3 is 1. The van der Waals surface area contributed by atoms with E-state index in [1.807, 2.05) is 4.90 Å². The second-order valence-corrected chi connectivity index (χ2v) is 6.96. The SMILES string of the molecule is COC(=O)c1ccc(CN2CCCN(C(=O)Nc3c(F)cccc3C(F)(F)F)CC2)o1. The van der Waals surface area contributed by atoms with E-state index in [-0.39, 0.29) is 12.3 Å². The average molecular weight is 443 g/mol. The van der Waals surface area contributed by atoms with Crippen LogP contribution < -0.4 is 5.32 Å². The third-order valence-corrected chi connectivity index (χ3v) is 4.85. The number of urea groups is 1. The van der Waals surface area contributed by atoms with Crippen LogP contribution in [0.25, 0.3) is 0 Å². The van der Waals surface area contributed by atoms with Gasteiger partial charge in [-0.3, -0.25) is 4.90 Å². The third-order valence-electron chi connectivity index (χ3n) is 4.85. The number of rotatable bonds is 4. The molecule has 0 spiro atoms. The molecular formula is C20H21F4N3O4. The third kappa shape index (κ3) is 5.54. The minimum Gasteiger partial charge on any atom is -0.463 e. The van der Waals surface area contributed by atoms with Crippen molar-refractivity contribution in [2.45, 2.75) is 19.1 Å². The van der Waals surface area contributed by atoms with E-state index in [1.165, 1.54) is 18.1 Å². The number of ether oxygens (including phenoxy) is 1. The van der Waals surface area contributed by atoms with Gasteiger partial charge >= 0.3 is 18.2 Å². The van der Waals surface area contributed by atoms with Crippen molar-refractivity contribution >= 4 is 17.7 Å². The lowest BCUT2D eigenvalue weighted by atomic mass is 10.1. The Hall–Kier alpha value is -3.08. The highest BCUT2D eigenvalue weighted by Crippen LogP contribution is 2.36. The first-order valence-corrected chi connectivity index (χ1v) is 9.50. The Bertz CT molecular complexity index is 945. The van der Waals surface area contributed by atoms with Crippen LogP contribution in [0, 0.1) is 5.82 Å². The monoisotopic (exact) mass is 443 g/mol. The Kier molecular flexibility index (Phi) is 6.84. The van der Waals surface area contributed by atoms with Crippen molar-refractivity contribution < 1.29 is 36.3 Å². The van der Waals surface area contributed by atoms with E-state index < -0.39 is 35.2 Å². The van der Waals surface area contributed by atoms with Crippen molar-refractivity contribution in [3.05, 3.63) is 53.2 Å². The van der Waals surface area contributed by atoms with Crippen LogP contribution in [0.15, 0.2) is 34.7 Å². The van der Waals surface area contributed by atoms with Crippen LogP contribution in [0.2, 0.25) is 0 Å². The van der Waals surface area contributed by atoms with Crippen molar-refractivity contribution in [3.63, 3.8) is 0 Å². The van der Waals surface area contributed by atoms with Gasteiger partial charge in [-0.05, 0) is 30.7 Å². The molecule has 0 bridgehead atoms. The molecule has 1 aliphatic heterocycles. The van der Waals surface area contributed by atoms with Gasteiger partial charge in [0.25, 0.3) is 0 Å². The molecule has 2 heterocycles. The second-order valence-electron chi connectivity index (χ2n) is 6.96. The number of hydrogen-bond donors (Lipinski definition) is 1. The van der Waals surface area contributed by atoms with Crippen LogP contribution in [-0.2, 0) is 17.5 Å². The van der Waals surface area contributed by atoms with Gasteiger partial charge < -0.3 is 19.4 Å². The number of halogens is 4. The van der Waals surface area contributed by atoms with E-state index in [0.717, 1.165) is 18.2 Å². The number of amides is 2. The number of anilines is 1. The van der Waals surface area contributed by atoms with E-state index in [9.17, 15) is 27.2 Å². The van der Waals surface area contributed by atoms with Crippen molar-refractivity contribution in [2.24, 2.45) is 0 Å². The van der Waals surface area contributed by atoms with Gasteiger partial charge in [-0.2, -0.15) is 13.2 Å². The number of furan rings is 1. The zero-order valence-corrected chi connectivity index (χ0v) is 16.7. The first-order valence-electron chi connectivity index (χ1n) is 9.50. The summed E-state index contributed by atoms with van der Waals surface area (Å²) in [4.78, 5) is 27.3. The first-order chi connectivity index (χ1) is 14.7. The Morgan fingerprint density at radius 3 is 2.61 bits per heavy atom. The number of alkyl halides is 3. The average Bonchev–Trinajstić information content (AvgIpc) is 3.05. The fourth-order valence-corrected chi connectivity index (χ4v) is 3.30. The Morgan fingerprint density at radius 1 is 1.13 bits per heavy atom. The number of esters is 1. The molecule has 1 saturated heterocycles. The lowest BCUT2D eigenvalue weighted by Gasteiger charge is -2.23. The van der Waals surface area contributed by atoms with E-state index >= 15 is 0 Å². The van der Waals surface area contributed by atoms with Crippen molar-refractivity contribution in [1.82, 2.24) is 9.80 Å². The summed E-state index contributed by atoms with van der Waals surface area (Å²) < 4.78 is 63.4. The van der Waals surface area contributed by atoms with Gasteiger partial charge in [0.1, 0.15) is 11.6 Å². The highest BCUT2D eigenvalue weighted by atomic mass is 19.4. The van der Waals surface area contributed by atoms with Gasteiger partial charge in [-0.1, -0.05) is 6.07 Å². The molecule has 2 aromatic rings. The summed E-state index contributed by atoms with van der Waals surface area (Å²) in [6.07, 6.45) is -4.24. The number of carbonyl (C=O) groups excluding carboxylic acids is 2.